The summed E-state index contributed by atoms with van der Waals surface area (Å²) in [6.45, 7) is 4.19. The Morgan fingerprint density at radius 2 is 2.45 bits per heavy atom. The second-order valence-corrected chi connectivity index (χ2v) is 6.15. The zero-order valence-electron chi connectivity index (χ0n) is 11.4. The van der Waals surface area contributed by atoms with Gasteiger partial charge in [-0.3, -0.25) is 4.79 Å². The van der Waals surface area contributed by atoms with Crippen LogP contribution in [0.15, 0.2) is 16.7 Å². The van der Waals surface area contributed by atoms with Crippen molar-refractivity contribution in [2.75, 3.05) is 19.7 Å². The molecule has 0 radical (unpaired) electrons. The lowest BCUT2D eigenvalue weighted by atomic mass is 10.1. The van der Waals surface area contributed by atoms with Gasteiger partial charge in [-0.25, -0.2) is 4.98 Å². The third-order valence-corrected chi connectivity index (χ3v) is 3.99. The third-order valence-electron chi connectivity index (χ3n) is 3.26. The summed E-state index contributed by atoms with van der Waals surface area (Å²) < 4.78 is 6.50. The van der Waals surface area contributed by atoms with Crippen molar-refractivity contribution in [3.63, 3.8) is 0 Å². The lowest BCUT2D eigenvalue weighted by Crippen LogP contribution is -2.43. The van der Waals surface area contributed by atoms with E-state index in [0.717, 1.165) is 36.9 Å². The number of nitrogens with zero attached hydrogens (tertiary/aromatic N) is 2. The van der Waals surface area contributed by atoms with Gasteiger partial charge in [0.25, 0.3) is 5.91 Å². The number of carbonyl (C=O) groups excluding carboxylic acids is 1. The zero-order chi connectivity index (χ0) is 14.5. The first-order valence-corrected chi connectivity index (χ1v) is 8.00. The van der Waals surface area contributed by atoms with Crippen molar-refractivity contribution < 1.29 is 9.53 Å². The molecule has 1 aliphatic rings. The van der Waals surface area contributed by atoms with Gasteiger partial charge in [-0.2, -0.15) is 0 Å². The molecule has 1 saturated heterocycles. The maximum atomic E-state index is 12.5. The minimum atomic E-state index is -0.0754. The van der Waals surface area contributed by atoms with E-state index in [1.54, 1.807) is 17.2 Å². The molecule has 1 amide bonds. The van der Waals surface area contributed by atoms with Gasteiger partial charge in [0.05, 0.1) is 11.7 Å². The van der Waals surface area contributed by atoms with Crippen molar-refractivity contribution in [1.29, 1.82) is 0 Å². The predicted molar refractivity (Wildman–Crippen MR) is 82.1 cm³/mol. The molecule has 1 atom stereocenters. The molecule has 4 nitrogen and oxygen atoms in total. The number of piperidine rings is 1. The summed E-state index contributed by atoms with van der Waals surface area (Å²) in [4.78, 5) is 18.3. The van der Waals surface area contributed by atoms with Crippen LogP contribution in [0.5, 0.6) is 0 Å². The van der Waals surface area contributed by atoms with Gasteiger partial charge in [-0.05, 0) is 41.3 Å². The van der Waals surface area contributed by atoms with E-state index in [1.807, 2.05) is 0 Å². The van der Waals surface area contributed by atoms with E-state index >= 15 is 0 Å². The smallest absolute Gasteiger partial charge is 0.257 e. The minimum absolute atomic E-state index is 0.0754. The van der Waals surface area contributed by atoms with Gasteiger partial charge in [0.1, 0.15) is 5.15 Å². The molecule has 0 N–H and O–H groups in total. The molecular formula is C14H18BrClN2O2. The van der Waals surface area contributed by atoms with Gasteiger partial charge in [0.15, 0.2) is 0 Å². The van der Waals surface area contributed by atoms with E-state index < -0.39 is 0 Å². The maximum Gasteiger partial charge on any atom is 0.257 e. The van der Waals surface area contributed by atoms with Crippen LogP contribution in [-0.2, 0) is 4.74 Å². The van der Waals surface area contributed by atoms with Crippen molar-refractivity contribution in [1.82, 2.24) is 9.88 Å². The average Bonchev–Trinajstić information content (AvgIpc) is 2.47. The Balaban J connectivity index is 2.06. The van der Waals surface area contributed by atoms with Gasteiger partial charge < -0.3 is 9.64 Å². The molecule has 6 heteroatoms. The van der Waals surface area contributed by atoms with Crippen molar-refractivity contribution >= 4 is 33.4 Å². The summed E-state index contributed by atoms with van der Waals surface area (Å²) in [5.41, 5.74) is 0.442. The Hall–Kier alpha value is -0.650. The van der Waals surface area contributed by atoms with Crippen molar-refractivity contribution in [3.05, 3.63) is 27.5 Å². The molecule has 0 aliphatic carbocycles. The summed E-state index contributed by atoms with van der Waals surface area (Å²) in [5, 5.41) is 0.245. The number of hydrogen-bond donors (Lipinski definition) is 0. The summed E-state index contributed by atoms with van der Waals surface area (Å²) in [6.07, 6.45) is 4.67. The number of halogens is 2. The fraction of sp³-hybridized carbons (Fsp3) is 0.571. The monoisotopic (exact) mass is 360 g/mol. The molecule has 1 aromatic rings. The lowest BCUT2D eigenvalue weighted by molar-refractivity contribution is 0.00210. The Labute approximate surface area is 132 Å². The fourth-order valence-electron chi connectivity index (χ4n) is 2.29. The predicted octanol–water partition coefficient (Wildman–Crippen LogP) is 3.53. The normalized spacial score (nSPS) is 19.1. The number of likely N-dealkylation sites (tertiary alicyclic amines) is 1. The highest BCUT2D eigenvalue weighted by Gasteiger charge is 2.26. The van der Waals surface area contributed by atoms with Gasteiger partial charge in [-0.1, -0.05) is 18.5 Å². The van der Waals surface area contributed by atoms with Crippen LogP contribution in [0.4, 0.5) is 0 Å². The molecular weight excluding hydrogens is 344 g/mol. The Morgan fingerprint density at radius 1 is 1.65 bits per heavy atom. The molecule has 0 bridgehead atoms. The van der Waals surface area contributed by atoms with E-state index in [1.165, 1.54) is 0 Å². The van der Waals surface area contributed by atoms with E-state index in [-0.39, 0.29) is 17.2 Å². The van der Waals surface area contributed by atoms with Crippen LogP contribution in [0.3, 0.4) is 0 Å². The highest BCUT2D eigenvalue weighted by molar-refractivity contribution is 9.10. The van der Waals surface area contributed by atoms with Crippen LogP contribution in [0.2, 0.25) is 5.15 Å². The van der Waals surface area contributed by atoms with Crippen LogP contribution < -0.4 is 0 Å². The standard InChI is InChI=1S/C14H18BrClN2O2/c1-2-6-20-11-4-3-5-18(9-11)14(19)12-7-10(15)8-17-13(12)16/h7-8,11H,2-6,9H2,1H3. The highest BCUT2D eigenvalue weighted by Crippen LogP contribution is 2.22. The summed E-state index contributed by atoms with van der Waals surface area (Å²) in [6, 6.07) is 1.72. The number of hydrogen-bond acceptors (Lipinski definition) is 3. The molecule has 2 rings (SSSR count). The van der Waals surface area contributed by atoms with Crippen molar-refractivity contribution in [2.45, 2.75) is 32.3 Å². The summed E-state index contributed by atoms with van der Waals surface area (Å²) in [5.74, 6) is -0.0754. The first-order chi connectivity index (χ1) is 9.61. The maximum absolute atomic E-state index is 12.5. The summed E-state index contributed by atoms with van der Waals surface area (Å²) >= 11 is 9.34. The lowest BCUT2D eigenvalue weighted by Gasteiger charge is -2.32. The number of ether oxygens (including phenoxy) is 1. The SMILES string of the molecule is CCCOC1CCCN(C(=O)c2cc(Br)cnc2Cl)C1. The van der Waals surface area contributed by atoms with Crippen LogP contribution >= 0.6 is 27.5 Å². The number of pyridine rings is 1. The number of carbonyl (C=O) groups is 1. The number of aromatic nitrogens is 1. The molecule has 1 aromatic heterocycles. The molecule has 0 saturated carbocycles. The van der Waals surface area contributed by atoms with E-state index in [0.29, 0.717) is 12.1 Å². The van der Waals surface area contributed by atoms with Gasteiger partial charge in [0, 0.05) is 30.4 Å². The number of amides is 1. The van der Waals surface area contributed by atoms with Gasteiger partial charge >= 0.3 is 0 Å². The second kappa shape index (κ2) is 7.38. The topological polar surface area (TPSA) is 42.4 Å². The second-order valence-electron chi connectivity index (χ2n) is 4.88. The van der Waals surface area contributed by atoms with Gasteiger partial charge in [0.2, 0.25) is 0 Å². The van der Waals surface area contributed by atoms with E-state index in [2.05, 4.69) is 27.8 Å². The molecule has 20 heavy (non-hydrogen) atoms. The van der Waals surface area contributed by atoms with Crippen LogP contribution in [0, 0.1) is 0 Å². The molecule has 0 spiro atoms. The zero-order valence-corrected chi connectivity index (χ0v) is 13.8. The Morgan fingerprint density at radius 3 is 3.20 bits per heavy atom. The van der Waals surface area contributed by atoms with E-state index in [4.69, 9.17) is 16.3 Å². The van der Waals surface area contributed by atoms with Crippen molar-refractivity contribution in [3.8, 4) is 0 Å². The molecule has 110 valence electrons. The van der Waals surface area contributed by atoms with Crippen LogP contribution in [0.1, 0.15) is 36.5 Å². The van der Waals surface area contributed by atoms with Crippen LogP contribution in [0.25, 0.3) is 0 Å². The van der Waals surface area contributed by atoms with E-state index in [9.17, 15) is 4.79 Å². The molecule has 1 unspecified atom stereocenters. The van der Waals surface area contributed by atoms with Crippen LogP contribution in [-0.4, -0.2) is 41.6 Å². The quantitative estimate of drug-likeness (QED) is 0.771. The minimum Gasteiger partial charge on any atom is -0.376 e. The largest absolute Gasteiger partial charge is 0.376 e. The molecule has 2 heterocycles. The highest BCUT2D eigenvalue weighted by atomic mass is 79.9. The summed E-state index contributed by atoms with van der Waals surface area (Å²) in [7, 11) is 0. The first-order valence-electron chi connectivity index (χ1n) is 6.83. The fourth-order valence-corrected chi connectivity index (χ4v) is 2.80. The average molecular weight is 362 g/mol. The van der Waals surface area contributed by atoms with Gasteiger partial charge in [-0.15, -0.1) is 0 Å². The third kappa shape index (κ3) is 3.93. The Bertz CT molecular complexity index is 484. The first kappa shape index (κ1) is 15.7. The molecule has 0 aromatic carbocycles. The van der Waals surface area contributed by atoms with Crippen molar-refractivity contribution in [2.24, 2.45) is 0 Å². The number of rotatable bonds is 4. The Kier molecular flexibility index (Phi) is 5.81. The molecule has 1 fully saturated rings. The molecule has 1 aliphatic heterocycles.